The van der Waals surface area contributed by atoms with Crippen molar-refractivity contribution < 1.29 is 27.5 Å². The molecular weight excluding hydrogens is 385 g/mol. The molecule has 2 aromatic rings. The highest BCUT2D eigenvalue weighted by Crippen LogP contribution is 2.15. The number of amides is 1. The van der Waals surface area contributed by atoms with E-state index < -0.39 is 41.3 Å². The van der Waals surface area contributed by atoms with Crippen molar-refractivity contribution in [3.8, 4) is 0 Å². The highest BCUT2D eigenvalue weighted by atomic mass is 19.1. The van der Waals surface area contributed by atoms with Crippen LogP contribution >= 0.6 is 0 Å². The fourth-order valence-electron chi connectivity index (χ4n) is 2.43. The van der Waals surface area contributed by atoms with Crippen molar-refractivity contribution in [1.82, 2.24) is 10.2 Å². The van der Waals surface area contributed by atoms with Crippen LogP contribution in [0.2, 0.25) is 0 Å². The molecular formula is C21H21F3N2O3. The Kier molecular flexibility index (Phi) is 7.97. The molecule has 1 amide bonds. The first kappa shape index (κ1) is 22.2. The molecule has 0 unspecified atom stereocenters. The normalized spacial score (nSPS) is 11.3. The molecule has 29 heavy (non-hydrogen) atoms. The van der Waals surface area contributed by atoms with Crippen LogP contribution in [0.25, 0.3) is 0 Å². The Morgan fingerprint density at radius 2 is 1.69 bits per heavy atom. The van der Waals surface area contributed by atoms with E-state index in [0.29, 0.717) is 12.1 Å². The van der Waals surface area contributed by atoms with Gasteiger partial charge in [0.05, 0.1) is 6.61 Å². The van der Waals surface area contributed by atoms with Crippen molar-refractivity contribution >= 4 is 11.7 Å². The summed E-state index contributed by atoms with van der Waals surface area (Å²) in [5.41, 5.74) is 0.132. The molecule has 0 radical (unpaired) electrons. The van der Waals surface area contributed by atoms with Gasteiger partial charge in [-0.3, -0.25) is 9.59 Å². The summed E-state index contributed by atoms with van der Waals surface area (Å²) in [4.78, 5) is 26.3. The van der Waals surface area contributed by atoms with Crippen LogP contribution in [0.15, 0.2) is 54.2 Å². The molecule has 0 aliphatic rings. The lowest BCUT2D eigenvalue weighted by atomic mass is 10.1. The molecule has 2 rings (SSSR count). The minimum atomic E-state index is -1.13. The van der Waals surface area contributed by atoms with Crippen molar-refractivity contribution in [2.45, 2.75) is 13.2 Å². The first-order chi connectivity index (χ1) is 13.8. The van der Waals surface area contributed by atoms with E-state index in [1.54, 1.807) is 14.1 Å². The minimum absolute atomic E-state index is 0.190. The number of rotatable bonds is 9. The van der Waals surface area contributed by atoms with Gasteiger partial charge in [-0.15, -0.1) is 0 Å². The molecule has 5 nitrogen and oxygen atoms in total. The zero-order valence-corrected chi connectivity index (χ0v) is 16.0. The van der Waals surface area contributed by atoms with Gasteiger partial charge >= 0.3 is 0 Å². The molecule has 0 bridgehead atoms. The van der Waals surface area contributed by atoms with Gasteiger partial charge < -0.3 is 15.0 Å². The van der Waals surface area contributed by atoms with Crippen molar-refractivity contribution in [2.75, 3.05) is 20.7 Å². The molecule has 0 aromatic heterocycles. The maximum Gasteiger partial charge on any atom is 0.256 e. The Morgan fingerprint density at radius 3 is 2.28 bits per heavy atom. The maximum atomic E-state index is 13.7. The number of ketones is 1. The molecule has 8 heteroatoms. The van der Waals surface area contributed by atoms with Gasteiger partial charge in [0.25, 0.3) is 5.91 Å². The average molecular weight is 406 g/mol. The van der Waals surface area contributed by atoms with Crippen LogP contribution in [0, 0.1) is 17.5 Å². The van der Waals surface area contributed by atoms with E-state index >= 15 is 0 Å². The van der Waals surface area contributed by atoms with Gasteiger partial charge in [-0.1, -0.05) is 30.3 Å². The smallest absolute Gasteiger partial charge is 0.256 e. The number of ether oxygens (including phenoxy) is 1. The molecule has 0 saturated heterocycles. The molecule has 0 atom stereocenters. The Balaban J connectivity index is 2.01. The topological polar surface area (TPSA) is 58.6 Å². The molecule has 1 N–H and O–H groups in total. The molecule has 154 valence electrons. The summed E-state index contributed by atoms with van der Waals surface area (Å²) in [5, 5.41) is 2.28. The van der Waals surface area contributed by atoms with Crippen molar-refractivity contribution in [3.05, 3.63) is 82.8 Å². The van der Waals surface area contributed by atoms with Crippen LogP contribution in [0.4, 0.5) is 13.2 Å². The third-order valence-electron chi connectivity index (χ3n) is 3.81. The van der Waals surface area contributed by atoms with Crippen LogP contribution < -0.4 is 5.32 Å². The summed E-state index contributed by atoms with van der Waals surface area (Å²) < 4.78 is 45.8. The van der Waals surface area contributed by atoms with Gasteiger partial charge in [0.15, 0.2) is 5.78 Å². The number of carbonyl (C=O) groups is 2. The fraction of sp³-hybridized carbons (Fsp3) is 0.238. The molecule has 0 aliphatic heterocycles. The first-order valence-corrected chi connectivity index (χ1v) is 8.72. The number of nitrogens with zero attached hydrogens (tertiary/aromatic N) is 1. The van der Waals surface area contributed by atoms with Gasteiger partial charge in [-0.2, -0.15) is 0 Å². The van der Waals surface area contributed by atoms with E-state index in [4.69, 9.17) is 4.74 Å². The summed E-state index contributed by atoms with van der Waals surface area (Å²) in [6.45, 7) is -0.698. The second kappa shape index (κ2) is 10.4. The first-order valence-electron chi connectivity index (χ1n) is 8.72. The Bertz CT molecular complexity index is 876. The number of nitrogens with one attached hydrogen (secondary N) is 1. The van der Waals surface area contributed by atoms with Gasteiger partial charge in [-0.25, -0.2) is 13.2 Å². The lowest BCUT2D eigenvalue weighted by molar-refractivity contribution is -0.125. The number of hydrogen-bond donors (Lipinski definition) is 1. The third-order valence-corrected chi connectivity index (χ3v) is 3.81. The molecule has 0 spiro atoms. The lowest BCUT2D eigenvalue weighted by Gasteiger charge is -2.13. The average Bonchev–Trinajstić information content (AvgIpc) is 2.65. The summed E-state index contributed by atoms with van der Waals surface area (Å²) in [5.74, 6) is -4.73. The molecule has 0 saturated carbocycles. The predicted molar refractivity (Wildman–Crippen MR) is 101 cm³/mol. The quantitative estimate of drug-likeness (QED) is 0.395. The minimum Gasteiger partial charge on any atom is -0.383 e. The van der Waals surface area contributed by atoms with Crippen LogP contribution in [0.1, 0.15) is 11.1 Å². The van der Waals surface area contributed by atoms with Gasteiger partial charge in [-0.05, 0) is 5.56 Å². The van der Waals surface area contributed by atoms with E-state index in [0.717, 1.165) is 5.56 Å². The Hall–Kier alpha value is -3.13. The second-order valence-corrected chi connectivity index (χ2v) is 6.44. The molecule has 0 aliphatic carbocycles. The van der Waals surface area contributed by atoms with Gasteiger partial charge in [0.2, 0.25) is 0 Å². The number of Topliss-reactive ketones (excluding diaryl/α,β-unsaturated/α-hetero) is 1. The monoisotopic (exact) mass is 406 g/mol. The maximum absolute atomic E-state index is 13.7. The van der Waals surface area contributed by atoms with Gasteiger partial charge in [0, 0.05) is 44.5 Å². The molecule has 0 heterocycles. The highest BCUT2D eigenvalue weighted by molar-refractivity contribution is 6.19. The summed E-state index contributed by atoms with van der Waals surface area (Å²) >= 11 is 0. The molecule has 2 aromatic carbocycles. The highest BCUT2D eigenvalue weighted by Gasteiger charge is 2.20. The van der Waals surface area contributed by atoms with E-state index in [-0.39, 0.29) is 18.8 Å². The van der Waals surface area contributed by atoms with Crippen LogP contribution in [-0.2, 0) is 27.5 Å². The van der Waals surface area contributed by atoms with Crippen molar-refractivity contribution in [1.29, 1.82) is 0 Å². The number of halogens is 3. The predicted octanol–water partition coefficient (Wildman–Crippen LogP) is 2.95. The standard InChI is InChI=1S/C21H21F3N2O3/c1-26(2)11-17(20(27)13-29-12-14-6-4-3-5-7-14)21(28)25-10-16-18(23)8-15(22)9-19(16)24/h3-9,11H,10,12-13H2,1-2H3,(H,25,28)/b17-11-. The third kappa shape index (κ3) is 6.76. The summed E-state index contributed by atoms with van der Waals surface area (Å²) in [6.07, 6.45) is 1.29. The SMILES string of the molecule is CN(C)/C=C(/C(=O)COCc1ccccc1)C(=O)NCc1c(F)cc(F)cc1F. The number of benzene rings is 2. The largest absolute Gasteiger partial charge is 0.383 e. The van der Waals surface area contributed by atoms with E-state index in [9.17, 15) is 22.8 Å². The number of carbonyl (C=O) groups excluding carboxylic acids is 2. The Labute approximate surface area is 166 Å². The van der Waals surface area contributed by atoms with E-state index in [1.165, 1.54) is 11.1 Å². The van der Waals surface area contributed by atoms with Crippen molar-refractivity contribution in [2.24, 2.45) is 0 Å². The number of hydrogen-bond acceptors (Lipinski definition) is 4. The van der Waals surface area contributed by atoms with E-state index in [2.05, 4.69) is 5.32 Å². The fourth-order valence-corrected chi connectivity index (χ4v) is 2.43. The zero-order valence-electron chi connectivity index (χ0n) is 16.0. The second-order valence-electron chi connectivity index (χ2n) is 6.44. The lowest BCUT2D eigenvalue weighted by Crippen LogP contribution is -2.31. The van der Waals surface area contributed by atoms with Crippen molar-refractivity contribution in [3.63, 3.8) is 0 Å². The van der Waals surface area contributed by atoms with Crippen LogP contribution in [-0.4, -0.2) is 37.3 Å². The molecule has 0 fully saturated rings. The summed E-state index contributed by atoms with van der Waals surface area (Å²) in [6, 6.07) is 10.2. The summed E-state index contributed by atoms with van der Waals surface area (Å²) in [7, 11) is 3.23. The van der Waals surface area contributed by atoms with Crippen LogP contribution in [0.3, 0.4) is 0 Å². The van der Waals surface area contributed by atoms with Crippen LogP contribution in [0.5, 0.6) is 0 Å². The van der Waals surface area contributed by atoms with E-state index in [1.807, 2.05) is 30.3 Å². The van der Waals surface area contributed by atoms with Gasteiger partial charge in [0.1, 0.15) is 29.6 Å². The Morgan fingerprint density at radius 1 is 1.07 bits per heavy atom. The zero-order chi connectivity index (χ0) is 21.4.